The van der Waals surface area contributed by atoms with Gasteiger partial charge in [-0.15, -0.1) is 11.6 Å². The number of sulfonamides is 1. The molecule has 102 valence electrons. The first-order chi connectivity index (χ1) is 7.99. The van der Waals surface area contributed by atoms with Crippen molar-refractivity contribution in [3.63, 3.8) is 0 Å². The molecule has 1 fully saturated rings. The van der Waals surface area contributed by atoms with E-state index in [9.17, 15) is 8.42 Å². The monoisotopic (exact) mass is 283 g/mol. The molecule has 6 heteroatoms. The Morgan fingerprint density at radius 2 is 1.82 bits per heavy atom. The lowest BCUT2D eigenvalue weighted by Crippen LogP contribution is -2.52. The Labute approximate surface area is 109 Å². The van der Waals surface area contributed by atoms with Gasteiger partial charge in [-0.3, -0.25) is 0 Å². The second kappa shape index (κ2) is 6.36. The summed E-state index contributed by atoms with van der Waals surface area (Å²) in [5, 5.41) is -0.336. The van der Waals surface area contributed by atoms with Crippen molar-refractivity contribution in [3.8, 4) is 0 Å². The van der Waals surface area contributed by atoms with Crippen LogP contribution in [0.1, 0.15) is 39.5 Å². The Morgan fingerprint density at radius 3 is 2.24 bits per heavy atom. The molecule has 0 aliphatic carbocycles. The molecule has 0 spiro atoms. The smallest absolute Gasteiger partial charge is 0.215 e. The van der Waals surface area contributed by atoms with Gasteiger partial charge in [0.15, 0.2) is 0 Å². The summed E-state index contributed by atoms with van der Waals surface area (Å²) >= 11 is 5.92. The zero-order chi connectivity index (χ0) is 12.9. The molecule has 1 aliphatic heterocycles. The zero-order valence-electron chi connectivity index (χ0n) is 10.5. The summed E-state index contributed by atoms with van der Waals surface area (Å²) in [6.07, 6.45) is 2.55. The maximum Gasteiger partial charge on any atom is 0.215 e. The van der Waals surface area contributed by atoms with Crippen molar-refractivity contribution in [2.24, 2.45) is 0 Å². The lowest BCUT2D eigenvalue weighted by molar-refractivity contribution is 0.0979. The van der Waals surface area contributed by atoms with Crippen LogP contribution in [0.25, 0.3) is 0 Å². The van der Waals surface area contributed by atoms with E-state index in [0.717, 1.165) is 0 Å². The molecular formula is C11H22ClNO3S. The van der Waals surface area contributed by atoms with Crippen molar-refractivity contribution in [1.82, 2.24) is 4.72 Å². The van der Waals surface area contributed by atoms with Crippen molar-refractivity contribution in [2.75, 3.05) is 19.1 Å². The second-order valence-corrected chi connectivity index (χ2v) is 6.81. The fraction of sp³-hybridized carbons (Fsp3) is 1.00. The Morgan fingerprint density at radius 1 is 1.29 bits per heavy atom. The van der Waals surface area contributed by atoms with Crippen molar-refractivity contribution in [3.05, 3.63) is 0 Å². The molecule has 0 atom stereocenters. The first kappa shape index (κ1) is 15.2. The van der Waals surface area contributed by atoms with E-state index in [-0.39, 0.29) is 5.25 Å². The van der Waals surface area contributed by atoms with E-state index in [4.69, 9.17) is 16.3 Å². The van der Waals surface area contributed by atoms with Crippen LogP contribution in [0.3, 0.4) is 0 Å². The maximum atomic E-state index is 12.3. The highest BCUT2D eigenvalue weighted by atomic mass is 35.5. The summed E-state index contributed by atoms with van der Waals surface area (Å²) in [6, 6.07) is 0. The number of alkyl halides is 1. The van der Waals surface area contributed by atoms with Gasteiger partial charge in [-0.1, -0.05) is 13.8 Å². The van der Waals surface area contributed by atoms with Crippen LogP contribution in [-0.4, -0.2) is 38.3 Å². The molecule has 0 saturated carbocycles. The number of rotatable bonds is 6. The molecule has 1 rings (SSSR count). The van der Waals surface area contributed by atoms with Gasteiger partial charge < -0.3 is 4.74 Å². The van der Waals surface area contributed by atoms with Crippen LogP contribution in [0.4, 0.5) is 0 Å². The number of hydrogen-bond acceptors (Lipinski definition) is 3. The van der Waals surface area contributed by atoms with E-state index >= 15 is 0 Å². The van der Waals surface area contributed by atoms with E-state index < -0.39 is 15.6 Å². The third-order valence-corrected chi connectivity index (χ3v) is 6.15. The summed E-state index contributed by atoms with van der Waals surface area (Å²) in [5.41, 5.74) is -0.501. The lowest BCUT2D eigenvalue weighted by Gasteiger charge is -2.33. The van der Waals surface area contributed by atoms with Crippen molar-refractivity contribution in [2.45, 2.75) is 50.3 Å². The minimum Gasteiger partial charge on any atom is -0.381 e. The lowest BCUT2D eigenvalue weighted by atomic mass is 9.97. The summed E-state index contributed by atoms with van der Waals surface area (Å²) in [6.45, 7) is 4.96. The number of nitrogens with one attached hydrogen (secondary N) is 1. The number of hydrogen-bond donors (Lipinski definition) is 1. The van der Waals surface area contributed by atoms with Crippen molar-refractivity contribution in [1.29, 1.82) is 0 Å². The predicted octanol–water partition coefficient (Wildman–Crippen LogP) is 1.88. The van der Waals surface area contributed by atoms with Crippen LogP contribution in [0, 0.1) is 0 Å². The number of ether oxygens (including phenoxy) is 1. The minimum absolute atomic E-state index is 0.308. The molecule has 1 aliphatic rings. The first-order valence-corrected chi connectivity index (χ1v) is 8.24. The van der Waals surface area contributed by atoms with Crippen LogP contribution < -0.4 is 4.72 Å². The van der Waals surface area contributed by atoms with E-state index in [1.807, 2.05) is 13.8 Å². The van der Waals surface area contributed by atoms with Gasteiger partial charge in [-0.05, 0) is 25.7 Å². The fourth-order valence-corrected chi connectivity index (χ4v) is 4.45. The molecule has 0 aromatic rings. The van der Waals surface area contributed by atoms with Crippen LogP contribution in [-0.2, 0) is 14.8 Å². The molecule has 0 aromatic carbocycles. The SMILES string of the molecule is CCC(CC)(CCl)NS(=O)(=O)C1CCOCC1. The molecular weight excluding hydrogens is 262 g/mol. The minimum atomic E-state index is -3.29. The van der Waals surface area contributed by atoms with Gasteiger partial charge in [-0.25, -0.2) is 13.1 Å². The van der Waals surface area contributed by atoms with Crippen LogP contribution >= 0.6 is 11.6 Å². The Balaban J connectivity index is 2.76. The molecule has 1 saturated heterocycles. The zero-order valence-corrected chi connectivity index (χ0v) is 12.1. The average molecular weight is 284 g/mol. The van der Waals surface area contributed by atoms with Crippen molar-refractivity contribution >= 4 is 21.6 Å². The predicted molar refractivity (Wildman–Crippen MR) is 69.9 cm³/mol. The molecule has 0 aromatic heterocycles. The fourth-order valence-electron chi connectivity index (χ4n) is 1.98. The third-order valence-electron chi connectivity index (χ3n) is 3.58. The van der Waals surface area contributed by atoms with E-state index in [0.29, 0.717) is 44.8 Å². The summed E-state index contributed by atoms with van der Waals surface area (Å²) in [5.74, 6) is 0.308. The molecule has 0 unspecified atom stereocenters. The molecule has 0 amide bonds. The molecule has 17 heavy (non-hydrogen) atoms. The number of halogens is 1. The van der Waals surface area contributed by atoms with Gasteiger partial charge in [0, 0.05) is 24.6 Å². The largest absolute Gasteiger partial charge is 0.381 e. The van der Waals surface area contributed by atoms with Gasteiger partial charge in [0.2, 0.25) is 10.0 Å². The highest BCUT2D eigenvalue weighted by Crippen LogP contribution is 2.22. The van der Waals surface area contributed by atoms with Crippen LogP contribution in [0.2, 0.25) is 0 Å². The molecule has 1 N–H and O–H groups in total. The van der Waals surface area contributed by atoms with Crippen molar-refractivity contribution < 1.29 is 13.2 Å². The third kappa shape index (κ3) is 3.81. The van der Waals surface area contributed by atoms with Gasteiger partial charge in [0.05, 0.1) is 5.25 Å². The maximum absolute atomic E-state index is 12.3. The topological polar surface area (TPSA) is 55.4 Å². The van der Waals surface area contributed by atoms with Crippen LogP contribution in [0.5, 0.6) is 0 Å². The van der Waals surface area contributed by atoms with E-state index in [1.54, 1.807) is 0 Å². The normalized spacial score (nSPS) is 19.5. The quantitative estimate of drug-likeness (QED) is 0.757. The molecule has 1 heterocycles. The Kier molecular flexibility index (Phi) is 5.70. The molecule has 0 radical (unpaired) electrons. The molecule has 4 nitrogen and oxygen atoms in total. The highest BCUT2D eigenvalue weighted by molar-refractivity contribution is 7.90. The summed E-state index contributed by atoms with van der Waals surface area (Å²) in [7, 11) is -3.29. The Bertz CT molecular complexity index is 313. The van der Waals surface area contributed by atoms with Gasteiger partial charge in [-0.2, -0.15) is 0 Å². The van der Waals surface area contributed by atoms with Gasteiger partial charge in [0.1, 0.15) is 0 Å². The first-order valence-electron chi connectivity index (χ1n) is 6.16. The van der Waals surface area contributed by atoms with E-state index in [2.05, 4.69) is 4.72 Å². The van der Waals surface area contributed by atoms with E-state index in [1.165, 1.54) is 0 Å². The average Bonchev–Trinajstić information content (AvgIpc) is 2.37. The standard InChI is InChI=1S/C11H22ClNO3S/c1-3-11(4-2,9-12)13-17(14,15)10-5-7-16-8-6-10/h10,13H,3-9H2,1-2H3. The second-order valence-electron chi connectivity index (χ2n) is 4.58. The summed E-state index contributed by atoms with van der Waals surface area (Å²) < 4.78 is 32.5. The van der Waals surface area contributed by atoms with Gasteiger partial charge >= 0.3 is 0 Å². The van der Waals surface area contributed by atoms with Gasteiger partial charge in [0.25, 0.3) is 0 Å². The Hall–Kier alpha value is 0.160. The molecule has 0 bridgehead atoms. The summed E-state index contributed by atoms with van der Waals surface area (Å²) in [4.78, 5) is 0. The van der Waals surface area contributed by atoms with Crippen LogP contribution in [0.15, 0.2) is 0 Å². The highest BCUT2D eigenvalue weighted by Gasteiger charge is 2.35.